The maximum Gasteiger partial charge on any atom is 0.321 e. The molecule has 1 heterocycles. The molecule has 1 aliphatic rings. The first-order valence-corrected chi connectivity index (χ1v) is 7.75. The number of anilines is 1. The highest BCUT2D eigenvalue weighted by atomic mass is 35.5. The SMILES string of the molecule is CN(C(=O)Nc1ccsc1Cl)C1CCC(CO)CC1. The number of hydrogen-bond acceptors (Lipinski definition) is 3. The van der Waals surface area contributed by atoms with Crippen LogP contribution in [0.5, 0.6) is 0 Å². The Balaban J connectivity index is 1.87. The number of nitrogens with zero attached hydrogens (tertiary/aromatic N) is 1. The van der Waals surface area contributed by atoms with Crippen molar-refractivity contribution in [2.45, 2.75) is 31.7 Å². The molecule has 19 heavy (non-hydrogen) atoms. The number of nitrogens with one attached hydrogen (secondary N) is 1. The van der Waals surface area contributed by atoms with Crippen LogP contribution in [0.1, 0.15) is 25.7 Å². The van der Waals surface area contributed by atoms with E-state index in [0.717, 1.165) is 25.7 Å². The maximum absolute atomic E-state index is 12.1. The first-order valence-electron chi connectivity index (χ1n) is 6.49. The number of aliphatic hydroxyl groups excluding tert-OH is 1. The number of amides is 2. The van der Waals surface area contributed by atoms with E-state index in [-0.39, 0.29) is 18.7 Å². The first-order chi connectivity index (χ1) is 9.11. The minimum absolute atomic E-state index is 0.118. The van der Waals surface area contributed by atoms with Gasteiger partial charge in [0.1, 0.15) is 4.34 Å². The van der Waals surface area contributed by atoms with E-state index in [2.05, 4.69) is 5.32 Å². The van der Waals surface area contributed by atoms with E-state index in [0.29, 0.717) is 15.9 Å². The Bertz CT molecular complexity index is 430. The predicted molar refractivity (Wildman–Crippen MR) is 78.9 cm³/mol. The summed E-state index contributed by atoms with van der Waals surface area (Å²) in [6, 6.07) is 1.94. The van der Waals surface area contributed by atoms with Gasteiger partial charge in [-0.05, 0) is 43.0 Å². The summed E-state index contributed by atoms with van der Waals surface area (Å²) < 4.78 is 0.603. The molecule has 6 heteroatoms. The highest BCUT2D eigenvalue weighted by molar-refractivity contribution is 7.15. The molecule has 0 radical (unpaired) electrons. The number of thiophene rings is 1. The molecule has 1 aromatic heterocycles. The van der Waals surface area contributed by atoms with Crippen LogP contribution in [-0.2, 0) is 0 Å². The summed E-state index contributed by atoms with van der Waals surface area (Å²) in [5.41, 5.74) is 0.674. The highest BCUT2D eigenvalue weighted by Gasteiger charge is 2.26. The van der Waals surface area contributed by atoms with Crippen LogP contribution < -0.4 is 5.32 Å². The molecule has 4 nitrogen and oxygen atoms in total. The number of carbonyl (C=O) groups excluding carboxylic acids is 1. The topological polar surface area (TPSA) is 52.6 Å². The van der Waals surface area contributed by atoms with Crippen LogP contribution in [0.15, 0.2) is 11.4 Å². The number of hydrogen-bond donors (Lipinski definition) is 2. The second-order valence-electron chi connectivity index (χ2n) is 5.01. The fraction of sp³-hybridized carbons (Fsp3) is 0.615. The molecular weight excluding hydrogens is 284 g/mol. The fourth-order valence-electron chi connectivity index (χ4n) is 2.47. The summed E-state index contributed by atoms with van der Waals surface area (Å²) in [4.78, 5) is 13.9. The van der Waals surface area contributed by atoms with Crippen LogP contribution in [-0.4, -0.2) is 35.7 Å². The molecule has 0 aliphatic heterocycles. The van der Waals surface area contributed by atoms with Gasteiger partial charge < -0.3 is 15.3 Å². The van der Waals surface area contributed by atoms with E-state index in [4.69, 9.17) is 16.7 Å². The zero-order valence-corrected chi connectivity index (χ0v) is 12.5. The largest absolute Gasteiger partial charge is 0.396 e. The van der Waals surface area contributed by atoms with E-state index in [1.807, 2.05) is 12.4 Å². The molecule has 0 saturated heterocycles. The molecule has 0 spiro atoms. The van der Waals surface area contributed by atoms with Gasteiger partial charge >= 0.3 is 6.03 Å². The van der Waals surface area contributed by atoms with E-state index < -0.39 is 0 Å². The summed E-state index contributed by atoms with van der Waals surface area (Å²) >= 11 is 7.37. The Labute approximate surface area is 122 Å². The fourth-order valence-corrected chi connectivity index (χ4v) is 3.30. The Kier molecular flexibility index (Phi) is 5.07. The molecule has 1 aromatic rings. The van der Waals surface area contributed by atoms with Crippen molar-refractivity contribution < 1.29 is 9.90 Å². The Morgan fingerprint density at radius 2 is 2.21 bits per heavy atom. The quantitative estimate of drug-likeness (QED) is 0.899. The molecule has 2 N–H and O–H groups in total. The molecule has 0 aromatic carbocycles. The summed E-state index contributed by atoms with van der Waals surface area (Å²) in [7, 11) is 1.82. The molecule has 106 valence electrons. The summed E-state index contributed by atoms with van der Waals surface area (Å²) in [5, 5.41) is 13.8. The van der Waals surface area contributed by atoms with Gasteiger partial charge in [-0.3, -0.25) is 0 Å². The molecular formula is C13H19ClN2O2S. The van der Waals surface area contributed by atoms with Crippen molar-refractivity contribution in [1.82, 2.24) is 4.90 Å². The number of carbonyl (C=O) groups is 1. The van der Waals surface area contributed by atoms with Crippen LogP contribution in [0.4, 0.5) is 10.5 Å². The number of halogens is 1. The summed E-state index contributed by atoms with van der Waals surface area (Å²) in [6.07, 6.45) is 3.87. The van der Waals surface area contributed by atoms with Gasteiger partial charge in [-0.1, -0.05) is 11.6 Å². The smallest absolute Gasteiger partial charge is 0.321 e. The Hall–Kier alpha value is -0.780. The first kappa shape index (κ1) is 14.6. The standard InChI is InChI=1S/C13H19ClN2O2S/c1-16(10-4-2-9(8-17)3-5-10)13(18)15-11-6-7-19-12(11)14/h6-7,9-10,17H,2-5,8H2,1H3,(H,15,18). The molecule has 0 atom stereocenters. The molecule has 1 fully saturated rings. The second-order valence-corrected chi connectivity index (χ2v) is 6.52. The van der Waals surface area contributed by atoms with Gasteiger partial charge in [0, 0.05) is 19.7 Å². The van der Waals surface area contributed by atoms with Gasteiger partial charge in [0.25, 0.3) is 0 Å². The summed E-state index contributed by atoms with van der Waals surface area (Å²) in [5.74, 6) is 0.402. The lowest BCUT2D eigenvalue weighted by Gasteiger charge is -2.34. The lowest BCUT2D eigenvalue weighted by molar-refractivity contribution is 0.139. The van der Waals surface area contributed by atoms with Crippen molar-refractivity contribution in [2.75, 3.05) is 19.0 Å². The zero-order valence-electron chi connectivity index (χ0n) is 10.9. The molecule has 0 unspecified atom stereocenters. The Morgan fingerprint density at radius 1 is 1.53 bits per heavy atom. The molecule has 2 amide bonds. The van der Waals surface area contributed by atoms with Crippen molar-refractivity contribution in [2.24, 2.45) is 5.92 Å². The molecule has 1 aliphatic carbocycles. The van der Waals surface area contributed by atoms with Crippen molar-refractivity contribution in [3.63, 3.8) is 0 Å². The third-order valence-corrected chi connectivity index (χ3v) is 4.97. The van der Waals surface area contributed by atoms with E-state index >= 15 is 0 Å². The average Bonchev–Trinajstić information content (AvgIpc) is 2.83. The van der Waals surface area contributed by atoms with Gasteiger partial charge in [0.15, 0.2) is 0 Å². The highest BCUT2D eigenvalue weighted by Crippen LogP contribution is 2.29. The maximum atomic E-state index is 12.1. The van der Waals surface area contributed by atoms with Crippen LogP contribution in [0.3, 0.4) is 0 Å². The van der Waals surface area contributed by atoms with Crippen LogP contribution in [0.25, 0.3) is 0 Å². The van der Waals surface area contributed by atoms with Crippen molar-refractivity contribution in [3.05, 3.63) is 15.8 Å². The lowest BCUT2D eigenvalue weighted by atomic mass is 9.86. The normalized spacial score (nSPS) is 23.1. The van der Waals surface area contributed by atoms with E-state index in [1.54, 1.807) is 11.0 Å². The van der Waals surface area contributed by atoms with Gasteiger partial charge in [-0.2, -0.15) is 0 Å². The third-order valence-electron chi connectivity index (χ3n) is 3.80. The third kappa shape index (κ3) is 3.61. The van der Waals surface area contributed by atoms with Crippen molar-refractivity contribution >= 4 is 34.7 Å². The zero-order chi connectivity index (χ0) is 13.8. The van der Waals surface area contributed by atoms with Gasteiger partial charge in [0.2, 0.25) is 0 Å². The number of rotatable bonds is 3. The van der Waals surface area contributed by atoms with Crippen LogP contribution >= 0.6 is 22.9 Å². The van der Waals surface area contributed by atoms with E-state index in [9.17, 15) is 4.79 Å². The lowest BCUT2D eigenvalue weighted by Crippen LogP contribution is -2.42. The van der Waals surface area contributed by atoms with Gasteiger partial charge in [0.05, 0.1) is 5.69 Å². The van der Waals surface area contributed by atoms with Gasteiger partial charge in [-0.15, -0.1) is 11.3 Å². The number of aliphatic hydroxyl groups is 1. The number of urea groups is 1. The van der Waals surface area contributed by atoms with Crippen LogP contribution in [0.2, 0.25) is 4.34 Å². The monoisotopic (exact) mass is 302 g/mol. The summed E-state index contributed by atoms with van der Waals surface area (Å²) in [6.45, 7) is 0.257. The van der Waals surface area contributed by atoms with E-state index in [1.165, 1.54) is 11.3 Å². The molecule has 2 rings (SSSR count). The minimum atomic E-state index is -0.118. The van der Waals surface area contributed by atoms with Crippen molar-refractivity contribution in [3.8, 4) is 0 Å². The van der Waals surface area contributed by atoms with Gasteiger partial charge in [-0.25, -0.2) is 4.79 Å². The second kappa shape index (κ2) is 6.59. The van der Waals surface area contributed by atoms with Crippen LogP contribution in [0, 0.1) is 5.92 Å². The Morgan fingerprint density at radius 3 is 2.74 bits per heavy atom. The molecule has 0 bridgehead atoms. The molecule has 1 saturated carbocycles. The van der Waals surface area contributed by atoms with Crippen molar-refractivity contribution in [1.29, 1.82) is 0 Å². The predicted octanol–water partition coefficient (Wildman–Crippen LogP) is 3.42. The average molecular weight is 303 g/mol. The minimum Gasteiger partial charge on any atom is -0.396 e.